The maximum atomic E-state index is 5.05. The Morgan fingerprint density at radius 3 is 1.82 bits per heavy atom. The Bertz CT molecular complexity index is 530. The fraction of sp³-hybridized carbons (Fsp3) is 0.450. The number of hydrogen-bond acceptors (Lipinski definition) is 2. The Hall–Kier alpha value is -1.83. The number of nitrogens with zero attached hydrogens (tertiary/aromatic N) is 1. The van der Waals surface area contributed by atoms with Crippen molar-refractivity contribution in [3.05, 3.63) is 59.4 Å². The van der Waals surface area contributed by atoms with E-state index in [1.165, 1.54) is 11.3 Å². The molecule has 122 valence electrons. The van der Waals surface area contributed by atoms with Crippen molar-refractivity contribution in [3.8, 4) is 5.75 Å². The van der Waals surface area contributed by atoms with E-state index in [2.05, 4.69) is 56.9 Å². The van der Waals surface area contributed by atoms with E-state index >= 15 is 0 Å². The van der Waals surface area contributed by atoms with Gasteiger partial charge in [0, 0.05) is 11.4 Å². The standard InChI is InChI=1S/C10H14O.C9H13N.CH4/c1-8(2)9-4-6-10(11-3)7-5-9;1-7(2)9-6-4-5-8(3)10-9;/h4-8H,1-3H3;4-7H,1-3H3;1H4. The molecule has 0 fully saturated rings. The third-order valence-corrected chi connectivity index (χ3v) is 3.28. The van der Waals surface area contributed by atoms with Crippen LogP contribution >= 0.6 is 0 Å². The van der Waals surface area contributed by atoms with E-state index in [9.17, 15) is 0 Å². The van der Waals surface area contributed by atoms with Crippen LogP contribution in [0.2, 0.25) is 0 Å². The van der Waals surface area contributed by atoms with Crippen LogP contribution in [0.1, 0.15) is 63.9 Å². The Morgan fingerprint density at radius 2 is 1.45 bits per heavy atom. The lowest BCUT2D eigenvalue weighted by Crippen LogP contribution is -1.92. The summed E-state index contributed by atoms with van der Waals surface area (Å²) in [6.07, 6.45) is 0. The molecule has 0 unspecified atom stereocenters. The molecule has 0 aliphatic rings. The first kappa shape index (κ1) is 20.2. The third kappa shape index (κ3) is 6.75. The van der Waals surface area contributed by atoms with Gasteiger partial charge in [-0.05, 0) is 48.6 Å². The van der Waals surface area contributed by atoms with Crippen LogP contribution in [0, 0.1) is 6.92 Å². The smallest absolute Gasteiger partial charge is 0.118 e. The van der Waals surface area contributed by atoms with Crippen LogP contribution in [0.3, 0.4) is 0 Å². The number of pyridine rings is 1. The summed E-state index contributed by atoms with van der Waals surface area (Å²) in [6.45, 7) is 10.7. The molecule has 0 saturated carbocycles. The molecule has 2 nitrogen and oxygen atoms in total. The van der Waals surface area contributed by atoms with Gasteiger partial charge in [-0.1, -0.05) is 53.3 Å². The minimum Gasteiger partial charge on any atom is -0.497 e. The average Bonchev–Trinajstić information content (AvgIpc) is 2.48. The van der Waals surface area contributed by atoms with Gasteiger partial charge >= 0.3 is 0 Å². The highest BCUT2D eigenvalue weighted by atomic mass is 16.5. The van der Waals surface area contributed by atoms with Gasteiger partial charge in [0.1, 0.15) is 5.75 Å². The highest BCUT2D eigenvalue weighted by Crippen LogP contribution is 2.17. The first-order valence-electron chi connectivity index (χ1n) is 7.51. The molecule has 1 aromatic heterocycles. The predicted octanol–water partition coefficient (Wildman–Crippen LogP) is 5.97. The molecule has 0 radical (unpaired) electrons. The molecule has 0 amide bonds. The number of hydrogen-bond donors (Lipinski definition) is 0. The maximum absolute atomic E-state index is 5.05. The lowest BCUT2D eigenvalue weighted by molar-refractivity contribution is 0.414. The number of methoxy groups -OCH3 is 1. The molecule has 2 rings (SSSR count). The minimum absolute atomic E-state index is 0. The molecule has 0 aliphatic carbocycles. The molecule has 22 heavy (non-hydrogen) atoms. The number of aromatic nitrogens is 1. The fourth-order valence-electron chi connectivity index (χ4n) is 1.87. The molecule has 0 N–H and O–H groups in total. The SMILES string of the molecule is C.COc1ccc(C(C)C)cc1.Cc1cccc(C(C)C)n1. The molecule has 0 spiro atoms. The molecule has 0 bridgehead atoms. The largest absolute Gasteiger partial charge is 0.497 e. The first-order chi connectivity index (χ1) is 9.93. The Kier molecular flexibility index (Phi) is 9.16. The average molecular weight is 301 g/mol. The predicted molar refractivity (Wildman–Crippen MR) is 96.9 cm³/mol. The number of aryl methyl sites for hydroxylation is 1. The zero-order valence-electron chi connectivity index (χ0n) is 14.1. The van der Waals surface area contributed by atoms with E-state index in [-0.39, 0.29) is 7.43 Å². The second-order valence-corrected chi connectivity index (χ2v) is 5.79. The van der Waals surface area contributed by atoms with Gasteiger partial charge in [0.25, 0.3) is 0 Å². The minimum atomic E-state index is 0. The summed E-state index contributed by atoms with van der Waals surface area (Å²) < 4.78 is 5.05. The van der Waals surface area contributed by atoms with Crippen molar-refractivity contribution < 1.29 is 4.74 Å². The second kappa shape index (κ2) is 9.99. The van der Waals surface area contributed by atoms with Gasteiger partial charge in [0.15, 0.2) is 0 Å². The van der Waals surface area contributed by atoms with Crippen molar-refractivity contribution in [2.75, 3.05) is 7.11 Å². The molecule has 1 aromatic carbocycles. The molecule has 0 aliphatic heterocycles. The van der Waals surface area contributed by atoms with Crippen LogP contribution in [0.5, 0.6) is 5.75 Å². The van der Waals surface area contributed by atoms with Gasteiger partial charge in [0.05, 0.1) is 7.11 Å². The topological polar surface area (TPSA) is 22.1 Å². The molecule has 0 atom stereocenters. The summed E-state index contributed by atoms with van der Waals surface area (Å²) >= 11 is 0. The Morgan fingerprint density at radius 1 is 0.864 bits per heavy atom. The van der Waals surface area contributed by atoms with Gasteiger partial charge in [-0.25, -0.2) is 0 Å². The monoisotopic (exact) mass is 301 g/mol. The lowest BCUT2D eigenvalue weighted by atomic mass is 10.0. The van der Waals surface area contributed by atoms with Crippen LogP contribution in [0.15, 0.2) is 42.5 Å². The van der Waals surface area contributed by atoms with E-state index in [1.807, 2.05) is 25.1 Å². The van der Waals surface area contributed by atoms with Crippen molar-refractivity contribution in [2.45, 2.75) is 53.9 Å². The summed E-state index contributed by atoms with van der Waals surface area (Å²) in [6, 6.07) is 14.3. The first-order valence-corrected chi connectivity index (χ1v) is 7.51. The van der Waals surface area contributed by atoms with Gasteiger partial charge in [0.2, 0.25) is 0 Å². The van der Waals surface area contributed by atoms with Crippen molar-refractivity contribution in [3.63, 3.8) is 0 Å². The zero-order valence-corrected chi connectivity index (χ0v) is 14.1. The van der Waals surface area contributed by atoms with Crippen LogP contribution in [-0.2, 0) is 0 Å². The molecule has 2 aromatic rings. The van der Waals surface area contributed by atoms with Crippen LogP contribution < -0.4 is 4.74 Å². The highest BCUT2D eigenvalue weighted by Gasteiger charge is 1.98. The van der Waals surface area contributed by atoms with Crippen molar-refractivity contribution in [1.29, 1.82) is 0 Å². The van der Waals surface area contributed by atoms with Crippen molar-refractivity contribution >= 4 is 0 Å². The molecule has 1 heterocycles. The maximum Gasteiger partial charge on any atom is 0.118 e. The number of benzene rings is 1. The molecule has 0 saturated heterocycles. The van der Waals surface area contributed by atoms with E-state index in [1.54, 1.807) is 7.11 Å². The van der Waals surface area contributed by atoms with Gasteiger partial charge in [-0.3, -0.25) is 4.98 Å². The Balaban J connectivity index is 0.000000385. The van der Waals surface area contributed by atoms with E-state index in [0.717, 1.165) is 11.4 Å². The lowest BCUT2D eigenvalue weighted by Gasteiger charge is -2.05. The van der Waals surface area contributed by atoms with E-state index in [0.29, 0.717) is 11.8 Å². The van der Waals surface area contributed by atoms with Crippen molar-refractivity contribution in [2.24, 2.45) is 0 Å². The second-order valence-electron chi connectivity index (χ2n) is 5.79. The van der Waals surface area contributed by atoms with Crippen LogP contribution in [-0.4, -0.2) is 12.1 Å². The summed E-state index contributed by atoms with van der Waals surface area (Å²) in [5, 5.41) is 0. The summed E-state index contributed by atoms with van der Waals surface area (Å²) in [7, 11) is 1.68. The van der Waals surface area contributed by atoms with Crippen LogP contribution in [0.4, 0.5) is 0 Å². The quantitative estimate of drug-likeness (QED) is 0.697. The summed E-state index contributed by atoms with van der Waals surface area (Å²) in [5.41, 5.74) is 3.64. The van der Waals surface area contributed by atoms with Gasteiger partial charge in [-0.15, -0.1) is 0 Å². The molecular formula is C20H31NO. The van der Waals surface area contributed by atoms with Gasteiger partial charge < -0.3 is 4.74 Å². The number of rotatable bonds is 3. The van der Waals surface area contributed by atoms with Crippen LogP contribution in [0.25, 0.3) is 0 Å². The van der Waals surface area contributed by atoms with E-state index in [4.69, 9.17) is 4.74 Å². The Labute approximate surface area is 136 Å². The normalized spacial score (nSPS) is 9.82. The van der Waals surface area contributed by atoms with Crippen molar-refractivity contribution in [1.82, 2.24) is 4.98 Å². The summed E-state index contributed by atoms with van der Waals surface area (Å²) in [5.74, 6) is 2.07. The van der Waals surface area contributed by atoms with E-state index < -0.39 is 0 Å². The highest BCUT2D eigenvalue weighted by molar-refractivity contribution is 5.28. The summed E-state index contributed by atoms with van der Waals surface area (Å²) in [4.78, 5) is 4.37. The zero-order chi connectivity index (χ0) is 15.8. The van der Waals surface area contributed by atoms with Gasteiger partial charge in [-0.2, -0.15) is 0 Å². The molecule has 2 heteroatoms. The molecular weight excluding hydrogens is 270 g/mol. The fourth-order valence-corrected chi connectivity index (χ4v) is 1.87. The third-order valence-electron chi connectivity index (χ3n) is 3.28. The number of ether oxygens (including phenoxy) is 1.